The van der Waals surface area contributed by atoms with Gasteiger partial charge >= 0.3 is 0 Å². The summed E-state index contributed by atoms with van der Waals surface area (Å²) in [7, 11) is 3.72. The Kier molecular flexibility index (Phi) is 11.7. The number of H-pyrrole nitrogens is 1. The molecule has 8 N–H and O–H groups in total. The third-order valence-corrected chi connectivity index (χ3v) is 7.25. The number of rotatable bonds is 2. The number of carbonyl (C=O) groups is 2. The van der Waals surface area contributed by atoms with Crippen molar-refractivity contribution in [2.75, 3.05) is 45.7 Å². The number of halogens is 1. The maximum absolute atomic E-state index is 10.2. The fourth-order valence-electron chi connectivity index (χ4n) is 4.86. The van der Waals surface area contributed by atoms with E-state index in [-0.39, 0.29) is 18.0 Å². The predicted octanol–water partition coefficient (Wildman–Crippen LogP) is 2.39. The highest BCUT2D eigenvalue weighted by Gasteiger charge is 2.24. The number of ketones is 2. The number of nitrogen functional groups attached to an aromatic ring is 1. The van der Waals surface area contributed by atoms with Gasteiger partial charge in [-0.15, -0.1) is 0 Å². The number of hydrogen-bond acceptors (Lipinski definition) is 12. The number of nitrogens with one attached hydrogen (secondary N) is 4. The average Bonchev–Trinajstić information content (AvgIpc) is 3.86. The van der Waals surface area contributed by atoms with E-state index in [1.165, 1.54) is 27.2 Å². The molecule has 0 atom stereocenters. The first-order valence-corrected chi connectivity index (χ1v) is 14.8. The van der Waals surface area contributed by atoms with Crippen molar-refractivity contribution in [2.24, 2.45) is 26.8 Å². The van der Waals surface area contributed by atoms with E-state index in [9.17, 15) is 9.59 Å². The Bertz CT molecular complexity index is 1520. The molecule has 2 aromatic carbocycles. The molecule has 0 saturated heterocycles. The van der Waals surface area contributed by atoms with Gasteiger partial charge in [-0.25, -0.2) is 15.8 Å². The number of fused-ring (bicyclic) bond motifs is 3. The zero-order valence-electron chi connectivity index (χ0n) is 25.1. The molecule has 1 saturated carbocycles. The number of guanidine groups is 2. The van der Waals surface area contributed by atoms with Crippen molar-refractivity contribution >= 4 is 57.4 Å². The second kappa shape index (κ2) is 15.8. The molecule has 14 heteroatoms. The Balaban J connectivity index is 0.000000153. The lowest BCUT2D eigenvalue weighted by Gasteiger charge is -2.14. The molecule has 1 aromatic heterocycles. The number of carbonyl (C=O) groups excluding carboxylic acids is 2. The third kappa shape index (κ3) is 9.02. The molecule has 0 amide bonds. The number of anilines is 1. The molecule has 234 valence electrons. The Morgan fingerprint density at radius 1 is 0.886 bits per heavy atom. The SMILES string of the molecule is CN(/N=C1\CCc2[nH]c3ccccc3c21)C1=NCCN1.CN(N)C1=NCCN1.NNc1ccc(Cl)cc1.O=C1CCC(=O)C1. The van der Waals surface area contributed by atoms with E-state index in [0.717, 1.165) is 62.3 Å². The number of para-hydroxylation sites is 1. The van der Waals surface area contributed by atoms with Crippen molar-refractivity contribution in [1.82, 2.24) is 25.6 Å². The molecule has 3 heterocycles. The van der Waals surface area contributed by atoms with Crippen molar-refractivity contribution < 1.29 is 9.59 Å². The highest BCUT2D eigenvalue weighted by molar-refractivity contribution is 6.30. The smallest absolute Gasteiger partial charge is 0.214 e. The minimum Gasteiger partial charge on any atom is -0.358 e. The monoisotopic (exact) mass is 621 g/mol. The van der Waals surface area contributed by atoms with Crippen molar-refractivity contribution in [3.8, 4) is 0 Å². The molecular weight excluding hydrogens is 582 g/mol. The number of aromatic nitrogens is 1. The number of hydrogen-bond donors (Lipinski definition) is 6. The molecule has 0 bridgehead atoms. The number of aryl methyl sites for hydroxylation is 1. The molecule has 3 aromatic rings. The number of Topliss-reactive ketones (excluding diaryl/α,β-unsaturated/α-hetero) is 2. The van der Waals surface area contributed by atoms with E-state index in [2.05, 4.69) is 55.3 Å². The van der Waals surface area contributed by atoms with Crippen LogP contribution in [0.15, 0.2) is 63.6 Å². The summed E-state index contributed by atoms with van der Waals surface area (Å²) in [5, 5.41) is 16.3. The van der Waals surface area contributed by atoms with Crippen LogP contribution in [-0.2, 0) is 16.0 Å². The molecular formula is C30H40ClN11O2. The summed E-state index contributed by atoms with van der Waals surface area (Å²) in [5.74, 6) is 12.3. The van der Waals surface area contributed by atoms with Crippen molar-refractivity contribution in [3.63, 3.8) is 0 Å². The quantitative estimate of drug-likeness (QED) is 0.142. The number of aromatic amines is 1. The van der Waals surface area contributed by atoms with Crippen LogP contribution in [0.25, 0.3) is 10.9 Å². The highest BCUT2D eigenvalue weighted by Crippen LogP contribution is 2.30. The van der Waals surface area contributed by atoms with E-state index in [4.69, 9.17) is 28.4 Å². The zero-order valence-corrected chi connectivity index (χ0v) is 25.8. The van der Waals surface area contributed by atoms with Gasteiger partial charge in [0.15, 0.2) is 0 Å². The fourth-order valence-corrected chi connectivity index (χ4v) is 4.98. The summed E-state index contributed by atoms with van der Waals surface area (Å²) in [6.07, 6.45) is 3.19. The van der Waals surface area contributed by atoms with Gasteiger partial charge in [0.05, 0.1) is 25.2 Å². The molecule has 44 heavy (non-hydrogen) atoms. The Labute approximate surface area is 261 Å². The Morgan fingerprint density at radius 2 is 1.52 bits per heavy atom. The lowest BCUT2D eigenvalue weighted by atomic mass is 10.1. The van der Waals surface area contributed by atoms with Crippen LogP contribution in [-0.4, -0.2) is 84.5 Å². The largest absolute Gasteiger partial charge is 0.358 e. The summed E-state index contributed by atoms with van der Waals surface area (Å²) in [4.78, 5) is 32.4. The Hall–Kier alpha value is -4.46. The molecule has 1 fully saturated rings. The minimum atomic E-state index is 0.102. The first kappa shape index (κ1) is 32.5. The summed E-state index contributed by atoms with van der Waals surface area (Å²) in [6.45, 7) is 3.50. The van der Waals surface area contributed by atoms with E-state index < -0.39 is 0 Å². The second-order valence-corrected chi connectivity index (χ2v) is 10.8. The number of hydrazone groups is 1. The predicted molar refractivity (Wildman–Crippen MR) is 177 cm³/mol. The number of aliphatic imine (C=N–C) groups is 2. The maximum atomic E-state index is 10.2. The fraction of sp³-hybridized carbons (Fsp3) is 0.367. The van der Waals surface area contributed by atoms with Gasteiger partial charge in [-0.3, -0.25) is 25.4 Å². The van der Waals surface area contributed by atoms with E-state index >= 15 is 0 Å². The van der Waals surface area contributed by atoms with E-state index in [0.29, 0.717) is 17.9 Å². The topological polar surface area (TPSA) is 182 Å². The van der Waals surface area contributed by atoms with Crippen LogP contribution in [0.3, 0.4) is 0 Å². The maximum Gasteiger partial charge on any atom is 0.214 e. The number of nitrogens with zero attached hydrogens (tertiary/aromatic N) is 5. The number of benzene rings is 2. The van der Waals surface area contributed by atoms with Gasteiger partial charge in [0.2, 0.25) is 11.9 Å². The van der Waals surface area contributed by atoms with Crippen LogP contribution in [0.1, 0.15) is 36.9 Å². The van der Waals surface area contributed by atoms with E-state index in [1.54, 1.807) is 19.2 Å². The van der Waals surface area contributed by atoms with Crippen molar-refractivity contribution in [3.05, 3.63) is 64.8 Å². The van der Waals surface area contributed by atoms with Crippen LogP contribution in [0.2, 0.25) is 5.02 Å². The zero-order chi connectivity index (χ0) is 31.5. The average molecular weight is 622 g/mol. The standard InChI is InChI=1S/C15H17N5.C6H7ClN2.C5H6O2.C4H10N4/c1-20(15-16-8-9-17-15)19-13-7-6-12-14(13)10-4-2-3-5-11(10)18-12;7-5-1-3-6(9-8)4-2-5;6-4-1-2-5(7)3-4;1-8(5)4-6-2-3-7-4/h2-5,18H,6-9H2,1H3,(H,16,17);1-4,9H,8H2;1-3H2;2-3,5H2,1H3,(H,6,7)/b19-13+;;;. The minimum absolute atomic E-state index is 0.102. The van der Waals surface area contributed by atoms with Gasteiger partial charge in [-0.05, 0) is 43.2 Å². The lowest BCUT2D eigenvalue weighted by Crippen LogP contribution is -2.40. The first-order valence-electron chi connectivity index (χ1n) is 14.5. The van der Waals surface area contributed by atoms with Gasteiger partial charge < -0.3 is 21.0 Å². The van der Waals surface area contributed by atoms with Gasteiger partial charge in [-0.1, -0.05) is 29.8 Å². The van der Waals surface area contributed by atoms with Crippen molar-refractivity contribution in [1.29, 1.82) is 0 Å². The normalized spacial score (nSPS) is 17.2. The van der Waals surface area contributed by atoms with Crippen molar-refractivity contribution in [2.45, 2.75) is 32.1 Å². The number of hydrazine groups is 2. The Morgan fingerprint density at radius 3 is 2.05 bits per heavy atom. The lowest BCUT2D eigenvalue weighted by molar-refractivity contribution is -0.121. The molecule has 0 radical (unpaired) electrons. The van der Waals surface area contributed by atoms with Crippen LogP contribution in [0.4, 0.5) is 5.69 Å². The summed E-state index contributed by atoms with van der Waals surface area (Å²) >= 11 is 5.60. The molecule has 2 aliphatic carbocycles. The third-order valence-electron chi connectivity index (χ3n) is 7.00. The molecule has 13 nitrogen and oxygen atoms in total. The van der Waals surface area contributed by atoms with E-state index in [1.807, 2.05) is 24.2 Å². The summed E-state index contributed by atoms with van der Waals surface area (Å²) in [6, 6.07) is 15.6. The summed E-state index contributed by atoms with van der Waals surface area (Å²) in [5.41, 5.74) is 8.29. The molecule has 0 unspecified atom stereocenters. The van der Waals surface area contributed by atoms with Crippen LogP contribution in [0, 0.1) is 0 Å². The molecule has 4 aliphatic rings. The summed E-state index contributed by atoms with van der Waals surface area (Å²) < 4.78 is 0. The van der Waals surface area contributed by atoms with Gasteiger partial charge in [0, 0.05) is 72.9 Å². The van der Waals surface area contributed by atoms with Crippen LogP contribution >= 0.6 is 11.6 Å². The second-order valence-electron chi connectivity index (χ2n) is 10.4. The first-order chi connectivity index (χ1) is 21.2. The van der Waals surface area contributed by atoms with Crippen LogP contribution < -0.4 is 27.7 Å². The highest BCUT2D eigenvalue weighted by atomic mass is 35.5. The van der Waals surface area contributed by atoms with Crippen LogP contribution in [0.5, 0.6) is 0 Å². The number of nitrogens with two attached hydrogens (primary N) is 2. The molecule has 0 spiro atoms. The molecule has 2 aliphatic heterocycles. The van der Waals surface area contributed by atoms with Gasteiger partial charge in [0.25, 0.3) is 0 Å². The molecule has 7 rings (SSSR count). The van der Waals surface area contributed by atoms with Gasteiger partial charge in [0.1, 0.15) is 11.6 Å². The van der Waals surface area contributed by atoms with Gasteiger partial charge in [-0.2, -0.15) is 5.10 Å².